The Balaban J connectivity index is 1.41. The van der Waals surface area contributed by atoms with E-state index in [1.54, 1.807) is 0 Å². The average molecular weight is 267 g/mol. The number of rotatable bonds is 6. The molecular formula is C14H21NO2S. The highest BCUT2D eigenvalue weighted by atomic mass is 32.1. The van der Waals surface area contributed by atoms with Crippen LogP contribution in [0.4, 0.5) is 0 Å². The summed E-state index contributed by atoms with van der Waals surface area (Å²) in [6.45, 7) is 3.49. The van der Waals surface area contributed by atoms with Gasteiger partial charge in [-0.2, -0.15) is 0 Å². The fourth-order valence-corrected chi connectivity index (χ4v) is 3.06. The minimum absolute atomic E-state index is 0.397. The highest BCUT2D eigenvalue weighted by Gasteiger charge is 2.20. The molecule has 1 aliphatic carbocycles. The van der Waals surface area contributed by atoms with E-state index in [1.807, 2.05) is 11.3 Å². The maximum absolute atomic E-state index is 5.93. The molecule has 0 aromatic carbocycles. The zero-order valence-corrected chi connectivity index (χ0v) is 11.5. The first-order valence-corrected chi connectivity index (χ1v) is 7.72. The minimum Gasteiger partial charge on any atom is -0.381 e. The predicted molar refractivity (Wildman–Crippen MR) is 72.8 cm³/mol. The Bertz CT molecular complexity index is 370. The molecule has 18 heavy (non-hydrogen) atoms. The molecule has 0 atom stereocenters. The molecule has 0 radical (unpaired) electrons. The summed E-state index contributed by atoms with van der Waals surface area (Å²) >= 11 is 1.87. The van der Waals surface area contributed by atoms with Crippen molar-refractivity contribution >= 4 is 11.3 Å². The molecule has 1 saturated carbocycles. The Morgan fingerprint density at radius 2 is 1.94 bits per heavy atom. The summed E-state index contributed by atoms with van der Waals surface area (Å²) in [5.41, 5.74) is 0. The van der Waals surface area contributed by atoms with Crippen LogP contribution in [0.3, 0.4) is 0 Å². The molecule has 3 nitrogen and oxygen atoms in total. The van der Waals surface area contributed by atoms with E-state index in [2.05, 4.69) is 17.4 Å². The summed E-state index contributed by atoms with van der Waals surface area (Å²) in [5, 5.41) is 3.54. The van der Waals surface area contributed by atoms with Gasteiger partial charge >= 0.3 is 0 Å². The van der Waals surface area contributed by atoms with Crippen LogP contribution in [0.25, 0.3) is 0 Å². The number of nitrogens with one attached hydrogen (secondary N) is 1. The van der Waals surface area contributed by atoms with Gasteiger partial charge in [0.05, 0.1) is 12.7 Å². The third-order valence-corrected chi connectivity index (χ3v) is 4.55. The van der Waals surface area contributed by atoms with Crippen LogP contribution in [0.15, 0.2) is 12.1 Å². The first-order valence-electron chi connectivity index (χ1n) is 6.90. The summed E-state index contributed by atoms with van der Waals surface area (Å²) in [6, 6.07) is 5.21. The van der Waals surface area contributed by atoms with Gasteiger partial charge in [-0.1, -0.05) is 0 Å². The van der Waals surface area contributed by atoms with Gasteiger partial charge in [0.2, 0.25) is 0 Å². The van der Waals surface area contributed by atoms with Crippen LogP contribution in [0.5, 0.6) is 0 Å². The predicted octanol–water partition coefficient (Wildman–Crippen LogP) is 2.70. The van der Waals surface area contributed by atoms with Gasteiger partial charge in [0.25, 0.3) is 0 Å². The van der Waals surface area contributed by atoms with Crippen molar-refractivity contribution in [3.05, 3.63) is 21.9 Å². The zero-order valence-electron chi connectivity index (χ0n) is 10.7. The van der Waals surface area contributed by atoms with Gasteiger partial charge in [-0.15, -0.1) is 11.3 Å². The molecule has 3 rings (SSSR count). The second-order valence-electron chi connectivity index (χ2n) is 5.15. The topological polar surface area (TPSA) is 30.5 Å². The van der Waals surface area contributed by atoms with E-state index in [-0.39, 0.29) is 0 Å². The number of hydrogen-bond donors (Lipinski definition) is 1. The van der Waals surface area contributed by atoms with Crippen LogP contribution in [-0.2, 0) is 22.6 Å². The van der Waals surface area contributed by atoms with Crippen LogP contribution < -0.4 is 5.32 Å². The summed E-state index contributed by atoms with van der Waals surface area (Å²) in [4.78, 5) is 2.77. The Morgan fingerprint density at radius 1 is 1.17 bits per heavy atom. The Hall–Kier alpha value is -0.420. The van der Waals surface area contributed by atoms with Crippen molar-refractivity contribution in [1.82, 2.24) is 5.32 Å². The van der Waals surface area contributed by atoms with Gasteiger partial charge in [0, 0.05) is 35.6 Å². The molecule has 1 saturated heterocycles. The Morgan fingerprint density at radius 3 is 2.72 bits per heavy atom. The smallest absolute Gasteiger partial charge is 0.0813 e. The second kappa shape index (κ2) is 6.15. The van der Waals surface area contributed by atoms with Crippen molar-refractivity contribution in [3.63, 3.8) is 0 Å². The Labute approximate surface area is 112 Å². The third kappa shape index (κ3) is 3.79. The average Bonchev–Trinajstić information content (AvgIpc) is 3.14. The van der Waals surface area contributed by atoms with Gasteiger partial charge in [-0.05, 0) is 37.8 Å². The molecule has 0 spiro atoms. The lowest BCUT2D eigenvalue weighted by atomic mass is 10.1. The van der Waals surface area contributed by atoms with Gasteiger partial charge in [0.1, 0.15) is 0 Å². The van der Waals surface area contributed by atoms with Gasteiger partial charge in [-0.3, -0.25) is 0 Å². The van der Waals surface area contributed by atoms with Crippen molar-refractivity contribution in [2.45, 2.75) is 51.0 Å². The van der Waals surface area contributed by atoms with Crippen LogP contribution in [0, 0.1) is 0 Å². The summed E-state index contributed by atoms with van der Waals surface area (Å²) < 4.78 is 11.3. The third-order valence-electron chi connectivity index (χ3n) is 3.49. The van der Waals surface area contributed by atoms with Gasteiger partial charge < -0.3 is 14.8 Å². The maximum Gasteiger partial charge on any atom is 0.0813 e. The molecule has 4 heteroatoms. The van der Waals surface area contributed by atoms with Crippen molar-refractivity contribution in [3.8, 4) is 0 Å². The SMILES string of the molecule is c1cc(COC2CCOCC2)sc1CNC1CC1. The molecule has 2 fully saturated rings. The maximum atomic E-state index is 5.93. The standard InChI is InChI=1S/C14H21NO2S/c1-2-11(1)15-9-13-3-4-14(18-13)10-17-12-5-7-16-8-6-12/h3-4,11-12,15H,1-2,5-10H2. The van der Waals surface area contributed by atoms with Crippen LogP contribution in [0.2, 0.25) is 0 Å². The highest BCUT2D eigenvalue weighted by Crippen LogP contribution is 2.23. The highest BCUT2D eigenvalue weighted by molar-refractivity contribution is 7.11. The van der Waals surface area contributed by atoms with Crippen molar-refractivity contribution in [2.24, 2.45) is 0 Å². The second-order valence-corrected chi connectivity index (χ2v) is 6.40. The quantitative estimate of drug-likeness (QED) is 0.859. The summed E-state index contributed by atoms with van der Waals surface area (Å²) in [5.74, 6) is 0. The molecule has 0 bridgehead atoms. The van der Waals surface area contributed by atoms with E-state index in [1.165, 1.54) is 22.6 Å². The number of hydrogen-bond acceptors (Lipinski definition) is 4. The van der Waals surface area contributed by atoms with E-state index < -0.39 is 0 Å². The first kappa shape index (κ1) is 12.6. The van der Waals surface area contributed by atoms with E-state index in [4.69, 9.17) is 9.47 Å². The van der Waals surface area contributed by atoms with E-state index >= 15 is 0 Å². The van der Waals surface area contributed by atoms with E-state index in [0.717, 1.165) is 45.2 Å². The molecule has 1 aromatic heterocycles. The molecule has 2 heterocycles. The van der Waals surface area contributed by atoms with Crippen LogP contribution >= 0.6 is 11.3 Å². The first-order chi connectivity index (χ1) is 8.90. The molecule has 1 N–H and O–H groups in total. The van der Waals surface area contributed by atoms with Crippen LogP contribution in [-0.4, -0.2) is 25.4 Å². The lowest BCUT2D eigenvalue weighted by Crippen LogP contribution is -2.23. The van der Waals surface area contributed by atoms with E-state index in [9.17, 15) is 0 Å². The Kier molecular flexibility index (Phi) is 4.31. The monoisotopic (exact) mass is 267 g/mol. The number of thiophene rings is 1. The fraction of sp³-hybridized carbons (Fsp3) is 0.714. The van der Waals surface area contributed by atoms with Crippen LogP contribution in [0.1, 0.15) is 35.4 Å². The van der Waals surface area contributed by atoms with Gasteiger partial charge in [0.15, 0.2) is 0 Å². The lowest BCUT2D eigenvalue weighted by molar-refractivity contribution is -0.0383. The zero-order chi connectivity index (χ0) is 12.2. The lowest BCUT2D eigenvalue weighted by Gasteiger charge is -2.21. The summed E-state index contributed by atoms with van der Waals surface area (Å²) in [7, 11) is 0. The number of ether oxygens (including phenoxy) is 2. The molecule has 2 aliphatic rings. The van der Waals surface area contributed by atoms with Crippen molar-refractivity contribution in [1.29, 1.82) is 0 Å². The fourth-order valence-electron chi connectivity index (χ4n) is 2.17. The van der Waals surface area contributed by atoms with Crippen molar-refractivity contribution < 1.29 is 9.47 Å². The molecule has 0 amide bonds. The van der Waals surface area contributed by atoms with Crippen molar-refractivity contribution in [2.75, 3.05) is 13.2 Å². The normalized spacial score (nSPS) is 21.3. The molecule has 1 aromatic rings. The molecular weight excluding hydrogens is 246 g/mol. The molecule has 0 unspecified atom stereocenters. The summed E-state index contributed by atoms with van der Waals surface area (Å²) in [6.07, 6.45) is 5.19. The molecule has 100 valence electrons. The van der Waals surface area contributed by atoms with Gasteiger partial charge in [-0.25, -0.2) is 0 Å². The molecule has 1 aliphatic heterocycles. The van der Waals surface area contributed by atoms with E-state index in [0.29, 0.717) is 6.10 Å². The largest absolute Gasteiger partial charge is 0.381 e. The minimum atomic E-state index is 0.397.